The fourth-order valence-electron chi connectivity index (χ4n) is 1.93. The molecule has 0 amide bonds. The molecule has 2 rings (SSSR count). The second kappa shape index (κ2) is 5.55. The summed E-state index contributed by atoms with van der Waals surface area (Å²) >= 11 is 6.08. The van der Waals surface area contributed by atoms with Crippen molar-refractivity contribution in [3.05, 3.63) is 52.6 Å². The van der Waals surface area contributed by atoms with E-state index in [9.17, 15) is 5.11 Å². The van der Waals surface area contributed by atoms with Crippen LogP contribution >= 0.6 is 11.6 Å². The lowest BCUT2D eigenvalue weighted by Gasteiger charge is -2.14. The Bertz CT molecular complexity index is 536. The highest BCUT2D eigenvalue weighted by atomic mass is 35.5. The first-order chi connectivity index (χ1) is 8.63. The topological polar surface area (TPSA) is 38.0 Å². The van der Waals surface area contributed by atoms with Crippen LogP contribution in [0.25, 0.3) is 0 Å². The SMILES string of the molecule is CCCn1ccnc1C(O)c1ccc(C)c(Cl)c1. The molecule has 1 atom stereocenters. The van der Waals surface area contributed by atoms with Crippen molar-refractivity contribution in [1.29, 1.82) is 0 Å². The minimum absolute atomic E-state index is 0.664. The standard InChI is InChI=1S/C14H17ClN2O/c1-3-7-17-8-6-16-14(17)13(18)11-5-4-10(2)12(15)9-11/h4-6,8-9,13,18H,3,7H2,1-2H3. The van der Waals surface area contributed by atoms with Gasteiger partial charge in [0.25, 0.3) is 0 Å². The number of hydrogen-bond acceptors (Lipinski definition) is 2. The minimum atomic E-state index is -0.732. The molecule has 1 aromatic carbocycles. The van der Waals surface area contributed by atoms with E-state index in [1.54, 1.807) is 12.3 Å². The Kier molecular flexibility index (Phi) is 4.04. The molecule has 0 fully saturated rings. The Morgan fingerprint density at radius 3 is 2.89 bits per heavy atom. The molecule has 1 heterocycles. The van der Waals surface area contributed by atoms with Gasteiger partial charge >= 0.3 is 0 Å². The van der Waals surface area contributed by atoms with E-state index in [-0.39, 0.29) is 0 Å². The molecule has 0 bridgehead atoms. The van der Waals surface area contributed by atoms with Crippen LogP contribution in [0.3, 0.4) is 0 Å². The van der Waals surface area contributed by atoms with Crippen molar-refractivity contribution in [2.45, 2.75) is 32.9 Å². The molecular formula is C14H17ClN2O. The molecule has 1 N–H and O–H groups in total. The summed E-state index contributed by atoms with van der Waals surface area (Å²) < 4.78 is 1.97. The number of halogens is 1. The van der Waals surface area contributed by atoms with Gasteiger partial charge in [0.05, 0.1) is 0 Å². The van der Waals surface area contributed by atoms with Gasteiger partial charge in [-0.3, -0.25) is 0 Å². The van der Waals surface area contributed by atoms with E-state index >= 15 is 0 Å². The molecular weight excluding hydrogens is 248 g/mol. The summed E-state index contributed by atoms with van der Waals surface area (Å²) in [6.07, 6.45) is 3.87. The zero-order chi connectivity index (χ0) is 13.1. The minimum Gasteiger partial charge on any atom is -0.380 e. The largest absolute Gasteiger partial charge is 0.380 e. The molecule has 0 saturated carbocycles. The first-order valence-corrected chi connectivity index (χ1v) is 6.46. The molecule has 0 aliphatic heterocycles. The van der Waals surface area contributed by atoms with Gasteiger partial charge in [-0.1, -0.05) is 30.7 Å². The Balaban J connectivity index is 2.32. The van der Waals surface area contributed by atoms with Gasteiger partial charge in [0.1, 0.15) is 11.9 Å². The Hall–Kier alpha value is -1.32. The van der Waals surface area contributed by atoms with E-state index in [2.05, 4.69) is 11.9 Å². The number of aryl methyl sites for hydroxylation is 2. The average Bonchev–Trinajstić information content (AvgIpc) is 2.80. The van der Waals surface area contributed by atoms with Crippen molar-refractivity contribution in [2.75, 3.05) is 0 Å². The van der Waals surface area contributed by atoms with Crippen LogP contribution < -0.4 is 0 Å². The fraction of sp³-hybridized carbons (Fsp3) is 0.357. The summed E-state index contributed by atoms with van der Waals surface area (Å²) in [5.41, 5.74) is 1.78. The van der Waals surface area contributed by atoms with Gasteiger partial charge in [-0.25, -0.2) is 4.98 Å². The van der Waals surface area contributed by atoms with Crippen molar-refractivity contribution < 1.29 is 5.11 Å². The van der Waals surface area contributed by atoms with E-state index < -0.39 is 6.10 Å². The number of benzene rings is 1. The van der Waals surface area contributed by atoms with Crippen LogP contribution in [-0.2, 0) is 6.54 Å². The van der Waals surface area contributed by atoms with Crippen LogP contribution in [0, 0.1) is 6.92 Å². The van der Waals surface area contributed by atoms with Crippen LogP contribution in [0.1, 0.15) is 36.4 Å². The number of imidazole rings is 1. The van der Waals surface area contributed by atoms with Gasteiger partial charge in [0, 0.05) is 24.0 Å². The van der Waals surface area contributed by atoms with Gasteiger partial charge in [-0.05, 0) is 30.5 Å². The first kappa shape index (κ1) is 13.1. The number of hydrogen-bond donors (Lipinski definition) is 1. The first-order valence-electron chi connectivity index (χ1n) is 6.08. The molecule has 1 unspecified atom stereocenters. The number of aromatic nitrogens is 2. The Morgan fingerprint density at radius 1 is 1.44 bits per heavy atom. The van der Waals surface area contributed by atoms with Crippen molar-refractivity contribution in [3.8, 4) is 0 Å². The zero-order valence-corrected chi connectivity index (χ0v) is 11.4. The second-order valence-corrected chi connectivity index (χ2v) is 4.80. The monoisotopic (exact) mass is 264 g/mol. The van der Waals surface area contributed by atoms with E-state index in [0.29, 0.717) is 10.8 Å². The number of aliphatic hydroxyl groups is 1. The summed E-state index contributed by atoms with van der Waals surface area (Å²) in [5.74, 6) is 0.664. The molecule has 0 radical (unpaired) electrons. The molecule has 2 aromatic rings. The Labute approximate surface area is 112 Å². The van der Waals surface area contributed by atoms with Crippen LogP contribution in [0.2, 0.25) is 5.02 Å². The van der Waals surface area contributed by atoms with E-state index in [1.807, 2.05) is 29.8 Å². The summed E-state index contributed by atoms with van der Waals surface area (Å²) in [6, 6.07) is 5.59. The van der Waals surface area contributed by atoms with Crippen LogP contribution in [-0.4, -0.2) is 14.7 Å². The normalized spacial score (nSPS) is 12.7. The van der Waals surface area contributed by atoms with Gasteiger partial charge < -0.3 is 9.67 Å². The molecule has 96 valence electrons. The fourth-order valence-corrected chi connectivity index (χ4v) is 2.12. The molecule has 0 saturated heterocycles. The lowest BCUT2D eigenvalue weighted by molar-refractivity contribution is 0.204. The maximum atomic E-state index is 10.4. The quantitative estimate of drug-likeness (QED) is 0.920. The van der Waals surface area contributed by atoms with Gasteiger partial charge in [-0.15, -0.1) is 0 Å². The van der Waals surface area contributed by atoms with Crippen LogP contribution in [0.5, 0.6) is 0 Å². The molecule has 1 aromatic heterocycles. The molecule has 18 heavy (non-hydrogen) atoms. The van der Waals surface area contributed by atoms with Crippen LogP contribution in [0.15, 0.2) is 30.6 Å². The molecule has 0 aliphatic carbocycles. The molecule has 0 spiro atoms. The molecule has 4 heteroatoms. The number of nitrogens with zero attached hydrogens (tertiary/aromatic N) is 2. The second-order valence-electron chi connectivity index (χ2n) is 4.39. The summed E-state index contributed by atoms with van der Waals surface area (Å²) in [4.78, 5) is 4.23. The third kappa shape index (κ3) is 2.57. The smallest absolute Gasteiger partial charge is 0.142 e. The highest BCUT2D eigenvalue weighted by Gasteiger charge is 2.16. The lowest BCUT2D eigenvalue weighted by atomic mass is 10.1. The van der Waals surface area contributed by atoms with E-state index in [0.717, 1.165) is 24.1 Å². The molecule has 3 nitrogen and oxygen atoms in total. The van der Waals surface area contributed by atoms with Crippen molar-refractivity contribution >= 4 is 11.6 Å². The van der Waals surface area contributed by atoms with Gasteiger partial charge in [0.15, 0.2) is 0 Å². The third-order valence-electron chi connectivity index (χ3n) is 2.97. The highest BCUT2D eigenvalue weighted by molar-refractivity contribution is 6.31. The van der Waals surface area contributed by atoms with Gasteiger partial charge in [-0.2, -0.15) is 0 Å². The average molecular weight is 265 g/mol. The van der Waals surface area contributed by atoms with Crippen molar-refractivity contribution in [2.24, 2.45) is 0 Å². The van der Waals surface area contributed by atoms with E-state index in [1.165, 1.54) is 0 Å². The highest BCUT2D eigenvalue weighted by Crippen LogP contribution is 2.25. The lowest BCUT2D eigenvalue weighted by Crippen LogP contribution is -2.09. The van der Waals surface area contributed by atoms with Crippen molar-refractivity contribution in [3.63, 3.8) is 0 Å². The maximum absolute atomic E-state index is 10.4. The summed E-state index contributed by atoms with van der Waals surface area (Å²) in [5, 5.41) is 11.0. The summed E-state index contributed by atoms with van der Waals surface area (Å²) in [6.45, 7) is 4.89. The molecule has 0 aliphatic rings. The zero-order valence-electron chi connectivity index (χ0n) is 10.6. The summed E-state index contributed by atoms with van der Waals surface area (Å²) in [7, 11) is 0. The van der Waals surface area contributed by atoms with Gasteiger partial charge in [0.2, 0.25) is 0 Å². The predicted molar refractivity (Wildman–Crippen MR) is 72.8 cm³/mol. The number of rotatable bonds is 4. The Morgan fingerprint density at radius 2 is 2.22 bits per heavy atom. The predicted octanol–water partition coefficient (Wildman–Crippen LogP) is 3.34. The van der Waals surface area contributed by atoms with E-state index in [4.69, 9.17) is 11.6 Å². The van der Waals surface area contributed by atoms with Crippen molar-refractivity contribution in [1.82, 2.24) is 9.55 Å². The van der Waals surface area contributed by atoms with Crippen LogP contribution in [0.4, 0.5) is 0 Å². The maximum Gasteiger partial charge on any atom is 0.142 e. The number of aliphatic hydroxyl groups excluding tert-OH is 1. The third-order valence-corrected chi connectivity index (χ3v) is 3.38.